The van der Waals surface area contributed by atoms with Gasteiger partial charge < -0.3 is 5.32 Å². The molecule has 0 spiro atoms. The van der Waals surface area contributed by atoms with Crippen LogP contribution in [0.5, 0.6) is 0 Å². The van der Waals surface area contributed by atoms with Gasteiger partial charge in [0.1, 0.15) is 0 Å². The number of aromatic nitrogens is 4. The van der Waals surface area contributed by atoms with Crippen LogP contribution in [0, 0.1) is 0 Å². The Balaban J connectivity index is 1.59. The third-order valence-corrected chi connectivity index (χ3v) is 4.09. The molecule has 1 heterocycles. The van der Waals surface area contributed by atoms with E-state index in [9.17, 15) is 4.79 Å². The van der Waals surface area contributed by atoms with Crippen molar-refractivity contribution in [1.29, 1.82) is 0 Å². The van der Waals surface area contributed by atoms with Gasteiger partial charge in [-0.3, -0.25) is 4.79 Å². The summed E-state index contributed by atoms with van der Waals surface area (Å²) in [5.74, 6) is 0.608. The summed E-state index contributed by atoms with van der Waals surface area (Å²) in [4.78, 5) is 12.2. The Morgan fingerprint density at radius 1 is 1.23 bits per heavy atom. The topological polar surface area (TPSA) is 83.6 Å². The Kier molecular flexibility index (Phi) is 4.27. The second-order valence-electron chi connectivity index (χ2n) is 5.55. The molecular formula is C16H19N5O. The Labute approximate surface area is 129 Å². The average Bonchev–Trinajstić information content (AvgIpc) is 3.25. The molecule has 0 radical (unpaired) electrons. The highest BCUT2D eigenvalue weighted by atomic mass is 16.1. The largest absolute Gasteiger partial charge is 0.348 e. The molecule has 6 nitrogen and oxygen atoms in total. The van der Waals surface area contributed by atoms with E-state index in [4.69, 9.17) is 0 Å². The highest BCUT2D eigenvalue weighted by Gasteiger charge is 2.14. The van der Waals surface area contributed by atoms with Crippen LogP contribution in [0.25, 0.3) is 11.4 Å². The van der Waals surface area contributed by atoms with Gasteiger partial charge in [0.15, 0.2) is 0 Å². The number of carbonyl (C=O) groups excluding carboxylic acids is 1. The van der Waals surface area contributed by atoms with Crippen LogP contribution in [0.4, 0.5) is 0 Å². The van der Waals surface area contributed by atoms with Gasteiger partial charge in [0.05, 0.1) is 0 Å². The number of hydrogen-bond donors (Lipinski definition) is 2. The Morgan fingerprint density at radius 3 is 2.59 bits per heavy atom. The first kappa shape index (κ1) is 14.4. The second-order valence-corrected chi connectivity index (χ2v) is 5.55. The van der Waals surface area contributed by atoms with E-state index >= 15 is 0 Å². The monoisotopic (exact) mass is 297 g/mol. The molecule has 0 aliphatic heterocycles. The van der Waals surface area contributed by atoms with Gasteiger partial charge in [-0.05, 0) is 43.4 Å². The number of allylic oxidation sites excluding steroid dienone is 1. The number of nitrogens with zero attached hydrogens (tertiary/aromatic N) is 3. The smallest absolute Gasteiger partial charge is 0.247 e. The van der Waals surface area contributed by atoms with Gasteiger partial charge in [-0.2, -0.15) is 5.21 Å². The SMILES string of the molecule is CC(C(=O)NCc1ccc(-c2nn[nH]n2)cc1)=C1CCCC1. The van der Waals surface area contributed by atoms with Gasteiger partial charge in [0, 0.05) is 17.7 Å². The van der Waals surface area contributed by atoms with Crippen molar-refractivity contribution < 1.29 is 4.79 Å². The van der Waals surface area contributed by atoms with Crippen LogP contribution in [-0.2, 0) is 11.3 Å². The molecule has 1 saturated carbocycles. The summed E-state index contributed by atoms with van der Waals surface area (Å²) in [5, 5.41) is 16.8. The van der Waals surface area contributed by atoms with E-state index in [-0.39, 0.29) is 5.91 Å². The van der Waals surface area contributed by atoms with E-state index in [0.29, 0.717) is 12.4 Å². The lowest BCUT2D eigenvalue weighted by Crippen LogP contribution is -2.24. The van der Waals surface area contributed by atoms with Crippen molar-refractivity contribution in [2.24, 2.45) is 0 Å². The summed E-state index contributed by atoms with van der Waals surface area (Å²) in [6, 6.07) is 7.78. The summed E-state index contributed by atoms with van der Waals surface area (Å²) in [7, 11) is 0. The fourth-order valence-electron chi connectivity index (χ4n) is 2.71. The van der Waals surface area contributed by atoms with Crippen LogP contribution in [-0.4, -0.2) is 26.5 Å². The molecular weight excluding hydrogens is 278 g/mol. The molecule has 0 atom stereocenters. The predicted octanol–water partition coefficient (Wildman–Crippen LogP) is 2.37. The van der Waals surface area contributed by atoms with Crippen LogP contribution < -0.4 is 5.32 Å². The zero-order chi connectivity index (χ0) is 15.4. The molecule has 6 heteroatoms. The second kappa shape index (κ2) is 6.51. The van der Waals surface area contributed by atoms with E-state index < -0.39 is 0 Å². The van der Waals surface area contributed by atoms with Crippen LogP contribution in [0.2, 0.25) is 0 Å². The summed E-state index contributed by atoms with van der Waals surface area (Å²) in [5.41, 5.74) is 4.14. The molecule has 0 bridgehead atoms. The Hall–Kier alpha value is -2.50. The summed E-state index contributed by atoms with van der Waals surface area (Å²) >= 11 is 0. The molecule has 1 aromatic carbocycles. The number of rotatable bonds is 4. The highest BCUT2D eigenvalue weighted by molar-refractivity contribution is 5.93. The van der Waals surface area contributed by atoms with Gasteiger partial charge in [-0.15, -0.1) is 10.2 Å². The highest BCUT2D eigenvalue weighted by Crippen LogP contribution is 2.26. The molecule has 1 aliphatic carbocycles. The van der Waals surface area contributed by atoms with Crippen LogP contribution in [0.3, 0.4) is 0 Å². The minimum atomic E-state index is 0.0409. The molecule has 22 heavy (non-hydrogen) atoms. The quantitative estimate of drug-likeness (QED) is 0.849. The molecule has 1 aliphatic rings. The van der Waals surface area contributed by atoms with Crippen molar-refractivity contribution in [1.82, 2.24) is 25.9 Å². The van der Waals surface area contributed by atoms with E-state index in [0.717, 1.165) is 29.5 Å². The standard InChI is InChI=1S/C16H19N5O/c1-11(13-4-2-3-5-13)16(22)17-10-12-6-8-14(9-7-12)15-18-20-21-19-15/h6-9H,2-5,10H2,1H3,(H,17,22)(H,18,19,20,21). The van der Waals surface area contributed by atoms with E-state index in [1.165, 1.54) is 18.4 Å². The normalized spacial score (nSPS) is 14.1. The fourth-order valence-corrected chi connectivity index (χ4v) is 2.71. The van der Waals surface area contributed by atoms with E-state index in [2.05, 4.69) is 25.9 Å². The van der Waals surface area contributed by atoms with Gasteiger partial charge in [0.2, 0.25) is 11.7 Å². The average molecular weight is 297 g/mol. The number of nitrogens with one attached hydrogen (secondary N) is 2. The lowest BCUT2D eigenvalue weighted by molar-refractivity contribution is -0.117. The predicted molar refractivity (Wildman–Crippen MR) is 82.6 cm³/mol. The third kappa shape index (κ3) is 3.21. The van der Waals surface area contributed by atoms with Crippen molar-refractivity contribution in [3.63, 3.8) is 0 Å². The number of tetrazole rings is 1. The maximum atomic E-state index is 12.2. The first-order valence-electron chi connectivity index (χ1n) is 7.53. The van der Waals surface area contributed by atoms with Crippen molar-refractivity contribution in [2.75, 3.05) is 0 Å². The number of hydrogen-bond acceptors (Lipinski definition) is 4. The molecule has 1 fully saturated rings. The lowest BCUT2D eigenvalue weighted by Gasteiger charge is -2.08. The van der Waals surface area contributed by atoms with Gasteiger partial charge in [0.25, 0.3) is 0 Å². The molecule has 0 unspecified atom stereocenters. The first-order valence-corrected chi connectivity index (χ1v) is 7.53. The number of benzene rings is 1. The summed E-state index contributed by atoms with van der Waals surface area (Å²) in [6.45, 7) is 2.45. The van der Waals surface area contributed by atoms with Crippen LogP contribution in [0.15, 0.2) is 35.4 Å². The third-order valence-electron chi connectivity index (χ3n) is 4.09. The Bertz CT molecular complexity index is 665. The molecule has 3 rings (SSSR count). The Morgan fingerprint density at radius 2 is 1.95 bits per heavy atom. The summed E-state index contributed by atoms with van der Waals surface area (Å²) in [6.07, 6.45) is 4.55. The van der Waals surface area contributed by atoms with Gasteiger partial charge in [-0.25, -0.2) is 0 Å². The molecule has 1 aromatic heterocycles. The van der Waals surface area contributed by atoms with Crippen molar-refractivity contribution in [3.05, 3.63) is 41.0 Å². The van der Waals surface area contributed by atoms with Crippen LogP contribution in [0.1, 0.15) is 38.2 Å². The number of amides is 1. The molecule has 0 saturated heterocycles. The minimum absolute atomic E-state index is 0.0409. The molecule has 1 amide bonds. The molecule has 2 aromatic rings. The first-order chi connectivity index (χ1) is 10.7. The van der Waals surface area contributed by atoms with E-state index in [1.54, 1.807) is 0 Å². The zero-order valence-corrected chi connectivity index (χ0v) is 12.6. The maximum absolute atomic E-state index is 12.2. The van der Waals surface area contributed by atoms with Crippen molar-refractivity contribution >= 4 is 5.91 Å². The number of carbonyl (C=O) groups is 1. The zero-order valence-electron chi connectivity index (χ0n) is 12.6. The van der Waals surface area contributed by atoms with Crippen LogP contribution >= 0.6 is 0 Å². The lowest BCUT2D eigenvalue weighted by atomic mass is 10.1. The van der Waals surface area contributed by atoms with Gasteiger partial charge >= 0.3 is 0 Å². The number of aromatic amines is 1. The fraction of sp³-hybridized carbons (Fsp3) is 0.375. The summed E-state index contributed by atoms with van der Waals surface area (Å²) < 4.78 is 0. The minimum Gasteiger partial charge on any atom is -0.348 e. The van der Waals surface area contributed by atoms with E-state index in [1.807, 2.05) is 31.2 Å². The maximum Gasteiger partial charge on any atom is 0.247 e. The van der Waals surface area contributed by atoms with Crippen molar-refractivity contribution in [2.45, 2.75) is 39.2 Å². The number of H-pyrrole nitrogens is 1. The van der Waals surface area contributed by atoms with Crippen molar-refractivity contribution in [3.8, 4) is 11.4 Å². The molecule has 2 N–H and O–H groups in total. The van der Waals surface area contributed by atoms with Gasteiger partial charge in [-0.1, -0.05) is 29.8 Å². The molecule has 114 valence electrons.